The summed E-state index contributed by atoms with van der Waals surface area (Å²) in [5.74, 6) is 0.876. The van der Waals surface area contributed by atoms with Gasteiger partial charge in [0.2, 0.25) is 0 Å². The summed E-state index contributed by atoms with van der Waals surface area (Å²) < 4.78 is 11.0. The van der Waals surface area contributed by atoms with Crippen LogP contribution in [0.5, 0.6) is 0 Å². The summed E-state index contributed by atoms with van der Waals surface area (Å²) in [5.41, 5.74) is 7.60. The Kier molecular flexibility index (Phi) is 4.11. The normalized spacial score (nSPS) is 20.1. The van der Waals surface area contributed by atoms with Crippen molar-refractivity contribution in [1.82, 2.24) is 10.1 Å². The van der Waals surface area contributed by atoms with E-state index in [-0.39, 0.29) is 6.10 Å². The second-order valence-corrected chi connectivity index (χ2v) is 5.01. The van der Waals surface area contributed by atoms with Crippen LogP contribution in [-0.4, -0.2) is 42.4 Å². The Morgan fingerprint density at radius 2 is 2.15 bits per heavy atom. The summed E-state index contributed by atoms with van der Waals surface area (Å²) in [6.07, 6.45) is 0.125. The molecule has 1 aliphatic heterocycles. The van der Waals surface area contributed by atoms with Crippen LogP contribution in [0.15, 0.2) is 40.9 Å². The Morgan fingerprint density at radius 3 is 2.95 bits per heavy atom. The Hall–Kier alpha value is -1.69. The van der Waals surface area contributed by atoms with E-state index in [0.29, 0.717) is 6.54 Å². The predicted molar refractivity (Wildman–Crippen MR) is 76.0 cm³/mol. The van der Waals surface area contributed by atoms with Gasteiger partial charge in [0.15, 0.2) is 5.76 Å². The first-order chi connectivity index (χ1) is 9.85. The van der Waals surface area contributed by atoms with Crippen molar-refractivity contribution < 1.29 is 9.26 Å². The summed E-state index contributed by atoms with van der Waals surface area (Å²) in [5, 5.41) is 4.13. The van der Waals surface area contributed by atoms with Crippen molar-refractivity contribution in [1.29, 1.82) is 0 Å². The van der Waals surface area contributed by atoms with E-state index in [1.165, 1.54) is 0 Å². The average molecular weight is 273 g/mol. The van der Waals surface area contributed by atoms with E-state index in [9.17, 15) is 0 Å². The van der Waals surface area contributed by atoms with Crippen LogP contribution in [0.25, 0.3) is 11.3 Å². The monoisotopic (exact) mass is 273 g/mol. The molecule has 1 aromatic carbocycles. The summed E-state index contributed by atoms with van der Waals surface area (Å²) in [6.45, 7) is 3.78. The molecule has 5 heteroatoms. The van der Waals surface area contributed by atoms with E-state index in [4.69, 9.17) is 15.0 Å². The molecule has 2 heterocycles. The van der Waals surface area contributed by atoms with Gasteiger partial charge in [-0.05, 0) is 0 Å². The molecule has 0 amide bonds. The number of nitrogens with zero attached hydrogens (tertiary/aromatic N) is 2. The fraction of sp³-hybridized carbons (Fsp3) is 0.400. The zero-order valence-corrected chi connectivity index (χ0v) is 11.4. The standard InChI is InChI=1S/C15H19N3O2/c16-9-14-11-18(6-7-19-14)10-13-8-15(17-20-13)12-4-2-1-3-5-12/h1-5,8,14H,6-7,9-11,16H2. The molecular formula is C15H19N3O2. The number of aromatic nitrogens is 1. The van der Waals surface area contributed by atoms with Gasteiger partial charge in [0.25, 0.3) is 0 Å². The zero-order valence-electron chi connectivity index (χ0n) is 11.4. The topological polar surface area (TPSA) is 64.5 Å². The van der Waals surface area contributed by atoms with Crippen molar-refractivity contribution in [2.75, 3.05) is 26.2 Å². The minimum absolute atomic E-state index is 0.125. The number of nitrogens with two attached hydrogens (primary N) is 1. The Morgan fingerprint density at radius 1 is 1.30 bits per heavy atom. The van der Waals surface area contributed by atoms with Gasteiger partial charge >= 0.3 is 0 Å². The quantitative estimate of drug-likeness (QED) is 0.914. The van der Waals surface area contributed by atoms with Crippen LogP contribution in [0.3, 0.4) is 0 Å². The Labute approximate surface area is 118 Å². The molecule has 106 valence electrons. The van der Waals surface area contributed by atoms with Crippen molar-refractivity contribution in [2.45, 2.75) is 12.6 Å². The molecule has 20 heavy (non-hydrogen) atoms. The lowest BCUT2D eigenvalue weighted by molar-refractivity contribution is -0.0283. The van der Waals surface area contributed by atoms with Crippen LogP contribution < -0.4 is 5.73 Å². The highest BCUT2D eigenvalue weighted by atomic mass is 16.5. The number of rotatable bonds is 4. The van der Waals surface area contributed by atoms with Crippen molar-refractivity contribution in [3.05, 3.63) is 42.2 Å². The van der Waals surface area contributed by atoms with E-state index in [1.807, 2.05) is 36.4 Å². The first-order valence-corrected chi connectivity index (χ1v) is 6.90. The van der Waals surface area contributed by atoms with E-state index >= 15 is 0 Å². The Balaban J connectivity index is 1.65. The van der Waals surface area contributed by atoms with Crippen LogP contribution in [0.2, 0.25) is 0 Å². The van der Waals surface area contributed by atoms with Gasteiger partial charge in [-0.3, -0.25) is 4.90 Å². The zero-order chi connectivity index (χ0) is 13.8. The highest BCUT2D eigenvalue weighted by Gasteiger charge is 2.20. The van der Waals surface area contributed by atoms with Gasteiger partial charge in [-0.15, -0.1) is 0 Å². The molecule has 1 fully saturated rings. The van der Waals surface area contributed by atoms with Crippen molar-refractivity contribution in [2.24, 2.45) is 5.73 Å². The SMILES string of the molecule is NCC1CN(Cc2cc(-c3ccccc3)no2)CCO1. The van der Waals surface area contributed by atoms with Crippen LogP contribution >= 0.6 is 0 Å². The van der Waals surface area contributed by atoms with Gasteiger partial charge in [-0.1, -0.05) is 35.5 Å². The van der Waals surface area contributed by atoms with E-state index in [2.05, 4.69) is 10.1 Å². The highest BCUT2D eigenvalue weighted by Crippen LogP contribution is 2.20. The number of hydrogen-bond acceptors (Lipinski definition) is 5. The minimum Gasteiger partial charge on any atom is -0.374 e. The molecule has 1 unspecified atom stereocenters. The van der Waals surface area contributed by atoms with Gasteiger partial charge in [0, 0.05) is 31.3 Å². The molecule has 0 saturated carbocycles. The van der Waals surface area contributed by atoms with Crippen molar-refractivity contribution >= 4 is 0 Å². The minimum atomic E-state index is 0.125. The summed E-state index contributed by atoms with van der Waals surface area (Å²) in [6, 6.07) is 12.0. The summed E-state index contributed by atoms with van der Waals surface area (Å²) in [7, 11) is 0. The molecule has 1 aromatic heterocycles. The van der Waals surface area contributed by atoms with Gasteiger partial charge in [0.05, 0.1) is 19.3 Å². The molecular weight excluding hydrogens is 254 g/mol. The largest absolute Gasteiger partial charge is 0.374 e. The number of morpholine rings is 1. The molecule has 1 saturated heterocycles. The maximum absolute atomic E-state index is 5.65. The number of benzene rings is 1. The van der Waals surface area contributed by atoms with Gasteiger partial charge < -0.3 is 15.0 Å². The molecule has 0 aliphatic carbocycles. The lowest BCUT2D eigenvalue weighted by atomic mass is 10.1. The third-order valence-electron chi connectivity index (χ3n) is 3.49. The lowest BCUT2D eigenvalue weighted by Gasteiger charge is -2.31. The van der Waals surface area contributed by atoms with Crippen LogP contribution in [0.1, 0.15) is 5.76 Å². The molecule has 0 radical (unpaired) electrons. The van der Waals surface area contributed by atoms with Crippen LogP contribution in [0.4, 0.5) is 0 Å². The molecule has 2 aromatic rings. The van der Waals surface area contributed by atoms with E-state index < -0.39 is 0 Å². The molecule has 0 spiro atoms. The fourth-order valence-electron chi connectivity index (χ4n) is 2.42. The molecule has 0 bridgehead atoms. The van der Waals surface area contributed by atoms with Crippen molar-refractivity contribution in [3.8, 4) is 11.3 Å². The third-order valence-corrected chi connectivity index (χ3v) is 3.49. The molecule has 1 aliphatic rings. The van der Waals surface area contributed by atoms with Crippen molar-refractivity contribution in [3.63, 3.8) is 0 Å². The van der Waals surface area contributed by atoms with Gasteiger partial charge in [-0.25, -0.2) is 0 Å². The number of ether oxygens (including phenoxy) is 1. The maximum atomic E-state index is 5.65. The Bertz CT molecular complexity index is 541. The predicted octanol–water partition coefficient (Wildman–Crippen LogP) is 1.50. The van der Waals surface area contributed by atoms with Crippen LogP contribution in [0, 0.1) is 0 Å². The highest BCUT2D eigenvalue weighted by molar-refractivity contribution is 5.58. The smallest absolute Gasteiger partial charge is 0.151 e. The maximum Gasteiger partial charge on any atom is 0.151 e. The lowest BCUT2D eigenvalue weighted by Crippen LogP contribution is -2.45. The van der Waals surface area contributed by atoms with E-state index in [0.717, 1.165) is 43.3 Å². The molecule has 5 nitrogen and oxygen atoms in total. The van der Waals surface area contributed by atoms with E-state index in [1.54, 1.807) is 0 Å². The third kappa shape index (κ3) is 3.07. The first-order valence-electron chi connectivity index (χ1n) is 6.90. The van der Waals surface area contributed by atoms with Gasteiger partial charge in [0.1, 0.15) is 5.69 Å². The second kappa shape index (κ2) is 6.17. The summed E-state index contributed by atoms with van der Waals surface area (Å²) >= 11 is 0. The molecule has 1 atom stereocenters. The summed E-state index contributed by atoms with van der Waals surface area (Å²) in [4.78, 5) is 2.29. The first kappa shape index (κ1) is 13.3. The fourth-order valence-corrected chi connectivity index (χ4v) is 2.42. The molecule has 3 rings (SSSR count). The average Bonchev–Trinajstić information content (AvgIpc) is 2.97. The number of hydrogen-bond donors (Lipinski definition) is 1. The second-order valence-electron chi connectivity index (χ2n) is 5.01. The van der Waals surface area contributed by atoms with Gasteiger partial charge in [-0.2, -0.15) is 0 Å². The molecule has 2 N–H and O–H groups in total. The van der Waals surface area contributed by atoms with Crippen LogP contribution in [-0.2, 0) is 11.3 Å².